The molecule has 1 saturated heterocycles. The zero-order chi connectivity index (χ0) is 26.4. The number of rotatable bonds is 10. The Balaban J connectivity index is 1.40. The average molecular weight is 512 g/mol. The van der Waals surface area contributed by atoms with E-state index in [1.165, 1.54) is 36.5 Å². The van der Waals surface area contributed by atoms with E-state index in [9.17, 15) is 24.0 Å². The van der Waals surface area contributed by atoms with Crippen LogP contribution in [0.25, 0.3) is 0 Å². The lowest BCUT2D eigenvalue weighted by Crippen LogP contribution is -2.40. The normalized spacial score (nSPS) is 18.2. The first-order chi connectivity index (χ1) is 17.8. The van der Waals surface area contributed by atoms with Crippen molar-refractivity contribution in [3.63, 3.8) is 0 Å². The molecule has 3 N–H and O–H groups in total. The monoisotopic (exact) mass is 511 g/mol. The lowest BCUT2D eigenvalue weighted by Gasteiger charge is -2.24. The summed E-state index contributed by atoms with van der Waals surface area (Å²) in [5, 5.41) is 11.6. The van der Waals surface area contributed by atoms with E-state index in [1.54, 1.807) is 6.92 Å². The Kier molecular flexibility index (Phi) is 8.16. The molecule has 12 heteroatoms. The molecule has 1 saturated carbocycles. The molecule has 4 rings (SSSR count). The van der Waals surface area contributed by atoms with Crippen LogP contribution in [0.3, 0.4) is 0 Å². The van der Waals surface area contributed by atoms with Crippen LogP contribution in [-0.2, 0) is 25.7 Å². The van der Waals surface area contributed by atoms with Gasteiger partial charge in [-0.25, -0.2) is 4.79 Å². The fourth-order valence-electron chi connectivity index (χ4n) is 4.07. The van der Waals surface area contributed by atoms with Gasteiger partial charge in [0, 0.05) is 36.8 Å². The SMILES string of the molecule is Cc1cc(C(=O)Nc2cccn(CC(=O)N[C@H](/C=C/C(=O)OC3CCC3)C[C@@H]3CCNC3=O)c2=O)no1. The number of hydrogen-bond donors (Lipinski definition) is 3. The van der Waals surface area contributed by atoms with Crippen LogP contribution in [0, 0.1) is 12.8 Å². The molecular weight excluding hydrogens is 482 g/mol. The molecule has 0 spiro atoms. The van der Waals surface area contributed by atoms with Crippen molar-refractivity contribution in [2.75, 3.05) is 11.9 Å². The standard InChI is InChI=1S/C25H29N5O7/c1-15-12-20(29-37-15)24(34)28-19-6-3-11-30(25(19)35)14-21(31)27-17(13-16-9-10-26-23(16)33)7-8-22(32)36-18-4-2-5-18/h3,6-8,11-12,16-18H,2,4-5,9-10,13-14H2,1H3,(H,26,33)(H,27,31)(H,28,34)/b8-7+/t16-,17+/m0/s1. The molecule has 0 radical (unpaired) electrons. The second kappa shape index (κ2) is 11.7. The van der Waals surface area contributed by atoms with Crippen molar-refractivity contribution in [3.05, 3.63) is 58.4 Å². The lowest BCUT2D eigenvalue weighted by atomic mass is 9.96. The fraction of sp³-hybridized carbons (Fsp3) is 0.440. The number of anilines is 1. The highest BCUT2D eigenvalue weighted by Crippen LogP contribution is 2.22. The Labute approximate surface area is 212 Å². The molecule has 0 unspecified atom stereocenters. The Morgan fingerprint density at radius 2 is 2.11 bits per heavy atom. The summed E-state index contributed by atoms with van der Waals surface area (Å²) < 4.78 is 11.3. The highest BCUT2D eigenvalue weighted by molar-refractivity contribution is 6.02. The van der Waals surface area contributed by atoms with Crippen LogP contribution in [0.5, 0.6) is 0 Å². The number of aryl methyl sites for hydroxylation is 1. The molecule has 2 aliphatic rings. The number of esters is 1. The van der Waals surface area contributed by atoms with Gasteiger partial charge in [0.1, 0.15) is 24.1 Å². The number of carbonyl (C=O) groups is 4. The summed E-state index contributed by atoms with van der Waals surface area (Å²) in [5.74, 6) is -1.59. The molecule has 3 heterocycles. The van der Waals surface area contributed by atoms with Gasteiger partial charge in [0.05, 0.1) is 0 Å². The first-order valence-electron chi connectivity index (χ1n) is 12.2. The Hall–Kier alpha value is -4.22. The minimum atomic E-state index is -0.621. The van der Waals surface area contributed by atoms with E-state index in [0.29, 0.717) is 25.1 Å². The van der Waals surface area contributed by atoms with E-state index in [1.807, 2.05) is 0 Å². The van der Waals surface area contributed by atoms with Gasteiger partial charge in [0.15, 0.2) is 5.69 Å². The van der Waals surface area contributed by atoms with Crippen molar-refractivity contribution in [1.29, 1.82) is 0 Å². The predicted octanol–water partition coefficient (Wildman–Crippen LogP) is 1.06. The van der Waals surface area contributed by atoms with E-state index in [4.69, 9.17) is 9.26 Å². The molecule has 196 valence electrons. The van der Waals surface area contributed by atoms with E-state index in [0.717, 1.165) is 23.8 Å². The van der Waals surface area contributed by atoms with Gasteiger partial charge in [-0.15, -0.1) is 0 Å². The van der Waals surface area contributed by atoms with Crippen LogP contribution in [0.15, 0.2) is 45.9 Å². The topological polar surface area (TPSA) is 162 Å². The second-order valence-electron chi connectivity index (χ2n) is 9.17. The lowest BCUT2D eigenvalue weighted by molar-refractivity contribution is -0.146. The smallest absolute Gasteiger partial charge is 0.330 e. The quantitative estimate of drug-likeness (QED) is 0.315. The van der Waals surface area contributed by atoms with Gasteiger partial charge in [-0.2, -0.15) is 0 Å². The van der Waals surface area contributed by atoms with E-state index in [2.05, 4.69) is 21.1 Å². The summed E-state index contributed by atoms with van der Waals surface area (Å²) in [6, 6.07) is 3.75. The fourth-order valence-corrected chi connectivity index (χ4v) is 4.07. The van der Waals surface area contributed by atoms with Crippen LogP contribution in [0.1, 0.15) is 48.4 Å². The molecule has 2 aromatic rings. The van der Waals surface area contributed by atoms with Crippen molar-refractivity contribution < 1.29 is 28.4 Å². The van der Waals surface area contributed by atoms with Crippen molar-refractivity contribution in [3.8, 4) is 0 Å². The Morgan fingerprint density at radius 1 is 1.30 bits per heavy atom. The highest BCUT2D eigenvalue weighted by Gasteiger charge is 2.27. The molecule has 37 heavy (non-hydrogen) atoms. The number of pyridine rings is 1. The number of nitrogens with zero attached hydrogens (tertiary/aromatic N) is 2. The Morgan fingerprint density at radius 3 is 2.76 bits per heavy atom. The number of nitrogens with one attached hydrogen (secondary N) is 3. The van der Waals surface area contributed by atoms with Gasteiger partial charge in [0.2, 0.25) is 11.8 Å². The minimum Gasteiger partial charge on any atom is -0.459 e. The summed E-state index contributed by atoms with van der Waals surface area (Å²) in [5.41, 5.74) is -0.595. The average Bonchev–Trinajstić information content (AvgIpc) is 3.45. The van der Waals surface area contributed by atoms with Gasteiger partial charge >= 0.3 is 5.97 Å². The van der Waals surface area contributed by atoms with E-state index >= 15 is 0 Å². The van der Waals surface area contributed by atoms with Crippen molar-refractivity contribution in [2.24, 2.45) is 5.92 Å². The third-order valence-electron chi connectivity index (χ3n) is 6.29. The number of hydrogen-bond acceptors (Lipinski definition) is 8. The molecule has 2 atom stereocenters. The molecule has 1 aliphatic carbocycles. The van der Waals surface area contributed by atoms with Crippen LogP contribution in [0.2, 0.25) is 0 Å². The Bertz CT molecular complexity index is 1260. The van der Waals surface area contributed by atoms with Crippen LogP contribution in [-0.4, -0.2) is 52.1 Å². The summed E-state index contributed by atoms with van der Waals surface area (Å²) >= 11 is 0. The molecular formula is C25H29N5O7. The summed E-state index contributed by atoms with van der Waals surface area (Å²) in [7, 11) is 0. The first kappa shape index (κ1) is 25.9. The zero-order valence-corrected chi connectivity index (χ0v) is 20.4. The minimum absolute atomic E-state index is 0.0199. The largest absolute Gasteiger partial charge is 0.459 e. The molecule has 1 aliphatic heterocycles. The molecule has 0 bridgehead atoms. The summed E-state index contributed by atoms with van der Waals surface area (Å²) in [6.45, 7) is 1.86. The maximum Gasteiger partial charge on any atom is 0.330 e. The second-order valence-corrected chi connectivity index (χ2v) is 9.17. The van der Waals surface area contributed by atoms with E-state index < -0.39 is 29.4 Å². The van der Waals surface area contributed by atoms with Crippen molar-refractivity contribution in [2.45, 2.75) is 57.7 Å². The van der Waals surface area contributed by atoms with Crippen LogP contribution in [0.4, 0.5) is 5.69 Å². The number of carbonyl (C=O) groups excluding carboxylic acids is 4. The summed E-state index contributed by atoms with van der Waals surface area (Å²) in [6.07, 6.45) is 7.77. The van der Waals surface area contributed by atoms with Gasteiger partial charge in [0.25, 0.3) is 11.5 Å². The van der Waals surface area contributed by atoms with Crippen LogP contribution < -0.4 is 21.5 Å². The molecule has 0 aromatic carbocycles. The van der Waals surface area contributed by atoms with E-state index in [-0.39, 0.29) is 35.9 Å². The molecule has 2 fully saturated rings. The third-order valence-corrected chi connectivity index (χ3v) is 6.29. The molecule has 12 nitrogen and oxygen atoms in total. The number of amides is 3. The number of ether oxygens (including phenoxy) is 1. The summed E-state index contributed by atoms with van der Waals surface area (Å²) in [4.78, 5) is 62.2. The zero-order valence-electron chi connectivity index (χ0n) is 20.4. The predicted molar refractivity (Wildman–Crippen MR) is 130 cm³/mol. The maximum absolute atomic E-state index is 12.8. The van der Waals surface area contributed by atoms with Crippen LogP contribution >= 0.6 is 0 Å². The maximum atomic E-state index is 12.8. The van der Waals surface area contributed by atoms with Gasteiger partial charge in [-0.1, -0.05) is 11.2 Å². The highest BCUT2D eigenvalue weighted by atomic mass is 16.5. The van der Waals surface area contributed by atoms with Gasteiger partial charge in [-0.05, 0) is 51.2 Å². The molecule has 3 amide bonds. The number of aromatic nitrogens is 2. The molecule has 2 aromatic heterocycles. The van der Waals surface area contributed by atoms with Crippen molar-refractivity contribution >= 4 is 29.4 Å². The van der Waals surface area contributed by atoms with Crippen molar-refractivity contribution in [1.82, 2.24) is 20.4 Å². The first-order valence-corrected chi connectivity index (χ1v) is 12.2. The van der Waals surface area contributed by atoms with Gasteiger partial charge in [-0.3, -0.25) is 19.2 Å². The third kappa shape index (κ3) is 6.93. The van der Waals surface area contributed by atoms with Gasteiger partial charge < -0.3 is 29.8 Å².